The predicted molar refractivity (Wildman–Crippen MR) is 40.4 cm³/mol. The highest BCUT2D eigenvalue weighted by Crippen LogP contribution is 2.04. The first kappa shape index (κ1) is 9.92. The van der Waals surface area contributed by atoms with Gasteiger partial charge in [-0.2, -0.15) is 0 Å². The van der Waals surface area contributed by atoms with Crippen LogP contribution in [0.1, 0.15) is 26.7 Å². The van der Waals surface area contributed by atoms with Crippen molar-refractivity contribution in [3.8, 4) is 0 Å². The van der Waals surface area contributed by atoms with Crippen LogP contribution in [-0.4, -0.2) is 19.8 Å². The lowest BCUT2D eigenvalue weighted by molar-refractivity contribution is 0.0468. The minimum Gasteiger partial charge on any atom is -0.379 e. The van der Waals surface area contributed by atoms with Crippen molar-refractivity contribution in [1.29, 1.82) is 0 Å². The molecule has 10 heavy (non-hydrogen) atoms. The van der Waals surface area contributed by atoms with E-state index < -0.39 is 0 Å². The van der Waals surface area contributed by atoms with Crippen molar-refractivity contribution >= 4 is 0 Å². The monoisotopic (exact) mass is 145 g/mol. The van der Waals surface area contributed by atoms with Gasteiger partial charge in [-0.05, 0) is 12.3 Å². The molecule has 0 aliphatic carbocycles. The lowest BCUT2D eigenvalue weighted by Crippen LogP contribution is -2.07. The first-order chi connectivity index (χ1) is 4.81. The Morgan fingerprint density at radius 1 is 1.50 bits per heavy atom. The molecule has 1 unspecified atom stereocenters. The van der Waals surface area contributed by atoms with Crippen molar-refractivity contribution in [2.45, 2.75) is 26.7 Å². The Morgan fingerprint density at radius 3 is 2.70 bits per heavy atom. The normalized spacial score (nSPS) is 13.5. The predicted octanol–water partition coefficient (Wildman–Crippen LogP) is 1.87. The van der Waals surface area contributed by atoms with Gasteiger partial charge in [0.25, 0.3) is 0 Å². The zero-order valence-electron chi connectivity index (χ0n) is 6.93. The molecule has 0 aromatic rings. The molecule has 0 saturated heterocycles. The second-order valence-corrected chi connectivity index (χ2v) is 2.67. The second-order valence-electron chi connectivity index (χ2n) is 2.67. The average molecular weight is 145 g/mol. The number of ether oxygens (including phenoxy) is 1. The van der Waals surface area contributed by atoms with E-state index in [1.54, 1.807) is 0 Å². The first-order valence-electron chi connectivity index (χ1n) is 3.97. The Bertz CT molecular complexity index is 64.3. The highest BCUT2D eigenvalue weighted by Gasteiger charge is 1.98. The van der Waals surface area contributed by atoms with Gasteiger partial charge in [0.1, 0.15) is 6.61 Å². The van der Waals surface area contributed by atoms with Gasteiger partial charge in [0.15, 0.2) is 0 Å². The summed E-state index contributed by atoms with van der Waals surface area (Å²) in [5.74, 6) is 0.608. The van der Waals surface area contributed by atoms with Crippen LogP contribution < -0.4 is 0 Å². The SMILES string of the molecule is CCCC(C)COCC[O]. The first-order valence-corrected chi connectivity index (χ1v) is 3.97. The quantitative estimate of drug-likeness (QED) is 0.524. The van der Waals surface area contributed by atoms with E-state index in [4.69, 9.17) is 4.74 Å². The van der Waals surface area contributed by atoms with Crippen molar-refractivity contribution in [1.82, 2.24) is 0 Å². The molecular formula is C8H17O2. The van der Waals surface area contributed by atoms with Crippen LogP contribution in [0.3, 0.4) is 0 Å². The molecule has 61 valence electrons. The number of hydrogen-bond acceptors (Lipinski definition) is 1. The minimum absolute atomic E-state index is 0.112. The van der Waals surface area contributed by atoms with E-state index in [0.29, 0.717) is 12.5 Å². The molecule has 0 rings (SSSR count). The molecule has 0 heterocycles. The largest absolute Gasteiger partial charge is 0.379 e. The van der Waals surface area contributed by atoms with E-state index in [1.807, 2.05) is 0 Å². The average Bonchev–Trinajstić information content (AvgIpc) is 1.89. The van der Waals surface area contributed by atoms with Crippen LogP contribution in [0.2, 0.25) is 0 Å². The van der Waals surface area contributed by atoms with Crippen LogP contribution in [0.25, 0.3) is 0 Å². The Labute approximate surface area is 63.2 Å². The van der Waals surface area contributed by atoms with Crippen molar-refractivity contribution in [3.05, 3.63) is 0 Å². The van der Waals surface area contributed by atoms with Gasteiger partial charge in [0, 0.05) is 6.61 Å². The molecule has 0 N–H and O–H groups in total. The summed E-state index contributed by atoms with van der Waals surface area (Å²) in [6.07, 6.45) is 2.39. The summed E-state index contributed by atoms with van der Waals surface area (Å²) in [5.41, 5.74) is 0. The van der Waals surface area contributed by atoms with Gasteiger partial charge in [0.2, 0.25) is 0 Å². The van der Waals surface area contributed by atoms with E-state index in [1.165, 1.54) is 12.8 Å². The van der Waals surface area contributed by atoms with E-state index in [9.17, 15) is 5.11 Å². The summed E-state index contributed by atoms with van der Waals surface area (Å²) in [5, 5.41) is 9.94. The summed E-state index contributed by atoms with van der Waals surface area (Å²) in [6.45, 7) is 5.31. The zero-order chi connectivity index (χ0) is 7.82. The van der Waals surface area contributed by atoms with Crippen LogP contribution in [0.15, 0.2) is 0 Å². The topological polar surface area (TPSA) is 29.1 Å². The van der Waals surface area contributed by atoms with Crippen molar-refractivity contribution in [2.24, 2.45) is 5.92 Å². The van der Waals surface area contributed by atoms with Gasteiger partial charge >= 0.3 is 0 Å². The molecule has 0 aliphatic rings. The maximum absolute atomic E-state index is 9.94. The van der Waals surface area contributed by atoms with Gasteiger partial charge in [-0.15, -0.1) is 0 Å². The third-order valence-electron chi connectivity index (χ3n) is 1.41. The molecule has 2 heteroatoms. The summed E-state index contributed by atoms with van der Waals surface area (Å²) in [7, 11) is 0. The minimum atomic E-state index is -0.112. The zero-order valence-corrected chi connectivity index (χ0v) is 6.93. The third kappa shape index (κ3) is 6.05. The van der Waals surface area contributed by atoms with E-state index >= 15 is 0 Å². The van der Waals surface area contributed by atoms with Crippen LogP contribution in [-0.2, 0) is 9.84 Å². The molecule has 0 amide bonds. The molecule has 0 saturated carbocycles. The molecule has 0 spiro atoms. The van der Waals surface area contributed by atoms with Crippen LogP contribution in [0, 0.1) is 5.92 Å². The van der Waals surface area contributed by atoms with Gasteiger partial charge in [-0.25, -0.2) is 5.11 Å². The van der Waals surface area contributed by atoms with Gasteiger partial charge in [-0.1, -0.05) is 20.3 Å². The smallest absolute Gasteiger partial charge is 0.106 e. The van der Waals surface area contributed by atoms with E-state index in [0.717, 1.165) is 6.61 Å². The summed E-state index contributed by atoms with van der Waals surface area (Å²) >= 11 is 0. The maximum Gasteiger partial charge on any atom is 0.106 e. The third-order valence-corrected chi connectivity index (χ3v) is 1.41. The molecule has 0 bridgehead atoms. The summed E-state index contributed by atoms with van der Waals surface area (Å²) in [4.78, 5) is 0. The van der Waals surface area contributed by atoms with Crippen LogP contribution in [0.4, 0.5) is 0 Å². The molecule has 1 radical (unpaired) electrons. The van der Waals surface area contributed by atoms with Crippen molar-refractivity contribution in [2.75, 3.05) is 19.8 Å². The molecule has 0 aromatic heterocycles. The molecule has 0 fully saturated rings. The van der Waals surface area contributed by atoms with Crippen LogP contribution >= 0.6 is 0 Å². The van der Waals surface area contributed by atoms with Gasteiger partial charge < -0.3 is 4.74 Å². The molecule has 2 nitrogen and oxygen atoms in total. The van der Waals surface area contributed by atoms with Crippen molar-refractivity contribution in [3.63, 3.8) is 0 Å². The highest BCUT2D eigenvalue weighted by molar-refractivity contribution is 4.48. The fourth-order valence-corrected chi connectivity index (χ4v) is 0.920. The fourth-order valence-electron chi connectivity index (χ4n) is 0.920. The van der Waals surface area contributed by atoms with Gasteiger partial charge in [0.05, 0.1) is 6.61 Å². The van der Waals surface area contributed by atoms with Gasteiger partial charge in [-0.3, -0.25) is 0 Å². The fraction of sp³-hybridized carbons (Fsp3) is 1.00. The summed E-state index contributed by atoms with van der Waals surface area (Å²) in [6, 6.07) is 0. The summed E-state index contributed by atoms with van der Waals surface area (Å²) < 4.78 is 5.08. The molecule has 0 aromatic carbocycles. The standard InChI is InChI=1S/C8H17O2/c1-3-4-8(2)7-10-6-5-9/h8H,3-7H2,1-2H3. The Hall–Kier alpha value is -0.0800. The molecule has 1 atom stereocenters. The van der Waals surface area contributed by atoms with E-state index in [2.05, 4.69) is 13.8 Å². The second kappa shape index (κ2) is 7.03. The van der Waals surface area contributed by atoms with Crippen LogP contribution in [0.5, 0.6) is 0 Å². The lowest BCUT2D eigenvalue weighted by atomic mass is 10.1. The molecule has 0 aliphatic heterocycles. The Morgan fingerprint density at radius 2 is 2.20 bits per heavy atom. The number of hydrogen-bond donors (Lipinski definition) is 0. The Kier molecular flexibility index (Phi) is 6.98. The Balaban J connectivity index is 2.97. The maximum atomic E-state index is 9.94. The highest BCUT2D eigenvalue weighted by atomic mass is 16.5. The van der Waals surface area contributed by atoms with E-state index in [-0.39, 0.29) is 6.61 Å². The number of rotatable bonds is 6. The molecular weight excluding hydrogens is 128 g/mol. The lowest BCUT2D eigenvalue weighted by Gasteiger charge is -2.08. The van der Waals surface area contributed by atoms with Crippen molar-refractivity contribution < 1.29 is 9.84 Å².